The molecule has 21 heavy (non-hydrogen) atoms. The molecule has 3 aromatic rings. The summed E-state index contributed by atoms with van der Waals surface area (Å²) in [5, 5.41) is 4.19. The number of benzene rings is 1. The van der Waals surface area contributed by atoms with Crippen molar-refractivity contribution in [2.45, 2.75) is 13.3 Å². The average molecular weight is 294 g/mol. The van der Waals surface area contributed by atoms with Crippen LogP contribution in [0.1, 0.15) is 17.9 Å². The Morgan fingerprint density at radius 3 is 2.76 bits per heavy atom. The zero-order valence-corrected chi connectivity index (χ0v) is 10.8. The Bertz CT molecular complexity index is 885. The van der Waals surface area contributed by atoms with Crippen molar-refractivity contribution in [3.63, 3.8) is 0 Å². The molecule has 0 saturated carbocycles. The number of hydrogen-bond donors (Lipinski definition) is 1. The highest BCUT2D eigenvalue weighted by Crippen LogP contribution is 2.20. The summed E-state index contributed by atoms with van der Waals surface area (Å²) < 4.78 is 40.0. The molecule has 0 bridgehead atoms. The summed E-state index contributed by atoms with van der Waals surface area (Å²) >= 11 is 0. The second-order valence-electron chi connectivity index (χ2n) is 4.43. The van der Waals surface area contributed by atoms with Crippen LogP contribution in [0.4, 0.5) is 13.2 Å². The molecule has 0 atom stereocenters. The van der Waals surface area contributed by atoms with Crippen LogP contribution in [0, 0.1) is 12.7 Å². The van der Waals surface area contributed by atoms with Gasteiger partial charge < -0.3 is 4.98 Å². The molecule has 1 N–H and O–H groups in total. The maximum Gasteiger partial charge on any atom is 0.295 e. The SMILES string of the molecule is Cc1nn(-c2cccc(F)c2)c2nc(C(F)F)[nH]c(=O)c12. The Labute approximate surface area is 116 Å². The Kier molecular flexibility index (Phi) is 3.00. The average Bonchev–Trinajstić information content (AvgIpc) is 2.76. The van der Waals surface area contributed by atoms with Gasteiger partial charge in [-0.15, -0.1) is 0 Å². The van der Waals surface area contributed by atoms with Crippen molar-refractivity contribution in [1.29, 1.82) is 0 Å². The summed E-state index contributed by atoms with van der Waals surface area (Å²) in [6.07, 6.45) is -2.92. The van der Waals surface area contributed by atoms with Crippen molar-refractivity contribution in [2.75, 3.05) is 0 Å². The van der Waals surface area contributed by atoms with Crippen LogP contribution < -0.4 is 5.56 Å². The molecule has 0 saturated heterocycles. The lowest BCUT2D eigenvalue weighted by atomic mass is 10.3. The molecule has 0 aliphatic heterocycles. The van der Waals surface area contributed by atoms with E-state index in [9.17, 15) is 18.0 Å². The van der Waals surface area contributed by atoms with E-state index >= 15 is 0 Å². The summed E-state index contributed by atoms with van der Waals surface area (Å²) in [5.74, 6) is -1.25. The Morgan fingerprint density at radius 2 is 2.10 bits per heavy atom. The second kappa shape index (κ2) is 4.72. The van der Waals surface area contributed by atoms with Crippen molar-refractivity contribution >= 4 is 11.0 Å². The van der Waals surface area contributed by atoms with Gasteiger partial charge in [0.25, 0.3) is 12.0 Å². The smallest absolute Gasteiger partial charge is 0.295 e. The highest BCUT2D eigenvalue weighted by molar-refractivity contribution is 5.78. The summed E-state index contributed by atoms with van der Waals surface area (Å²) in [6.45, 7) is 1.55. The molecule has 2 aromatic heterocycles. The highest BCUT2D eigenvalue weighted by Gasteiger charge is 2.19. The number of hydrogen-bond acceptors (Lipinski definition) is 3. The van der Waals surface area contributed by atoms with E-state index < -0.39 is 23.6 Å². The van der Waals surface area contributed by atoms with Gasteiger partial charge in [-0.1, -0.05) is 6.07 Å². The Balaban J connectivity index is 2.36. The molecule has 2 heterocycles. The van der Waals surface area contributed by atoms with E-state index in [1.807, 2.05) is 4.98 Å². The fourth-order valence-electron chi connectivity index (χ4n) is 2.10. The van der Waals surface area contributed by atoms with Gasteiger partial charge in [0.05, 0.1) is 11.4 Å². The quantitative estimate of drug-likeness (QED) is 0.789. The van der Waals surface area contributed by atoms with E-state index in [4.69, 9.17) is 0 Å². The number of aromatic nitrogens is 4. The molecule has 0 radical (unpaired) electrons. The van der Waals surface area contributed by atoms with E-state index in [1.165, 1.54) is 22.9 Å². The molecule has 0 aliphatic carbocycles. The van der Waals surface area contributed by atoms with Crippen LogP contribution >= 0.6 is 0 Å². The van der Waals surface area contributed by atoms with Gasteiger partial charge in [0.15, 0.2) is 11.5 Å². The fourth-order valence-corrected chi connectivity index (χ4v) is 2.10. The molecule has 0 fully saturated rings. The lowest BCUT2D eigenvalue weighted by molar-refractivity contribution is 0.140. The largest absolute Gasteiger partial charge is 0.305 e. The first-order chi connectivity index (χ1) is 9.97. The van der Waals surface area contributed by atoms with Gasteiger partial charge in [-0.25, -0.2) is 22.8 Å². The maximum atomic E-state index is 13.3. The van der Waals surface area contributed by atoms with E-state index in [1.54, 1.807) is 13.0 Å². The van der Waals surface area contributed by atoms with Crippen LogP contribution in [0.15, 0.2) is 29.1 Å². The number of aromatic amines is 1. The molecule has 0 unspecified atom stereocenters. The van der Waals surface area contributed by atoms with Gasteiger partial charge >= 0.3 is 0 Å². The van der Waals surface area contributed by atoms with Crippen molar-refractivity contribution < 1.29 is 13.2 Å². The van der Waals surface area contributed by atoms with Crippen molar-refractivity contribution in [3.8, 4) is 5.69 Å². The first-order valence-electron chi connectivity index (χ1n) is 6.01. The number of nitrogens with one attached hydrogen (secondary N) is 1. The summed E-state index contributed by atoms with van der Waals surface area (Å²) in [4.78, 5) is 17.6. The van der Waals surface area contributed by atoms with E-state index in [0.29, 0.717) is 11.4 Å². The number of fused-ring (bicyclic) bond motifs is 1. The standard InChI is InChI=1S/C13H9F3N4O/c1-6-9-12(17-11(10(15)16)18-13(9)21)20(19-6)8-4-2-3-7(14)5-8/h2-5,10H,1H3,(H,17,18,21). The van der Waals surface area contributed by atoms with Gasteiger partial charge in [-0.2, -0.15) is 5.10 Å². The highest BCUT2D eigenvalue weighted by atomic mass is 19.3. The van der Waals surface area contributed by atoms with Gasteiger partial charge in [0.1, 0.15) is 11.2 Å². The number of rotatable bonds is 2. The summed E-state index contributed by atoms with van der Waals surface area (Å²) in [5.41, 5.74) is -0.108. The molecule has 0 amide bonds. The number of halogens is 3. The minimum atomic E-state index is -2.92. The van der Waals surface area contributed by atoms with Crippen LogP contribution in [0.25, 0.3) is 16.7 Å². The summed E-state index contributed by atoms with van der Waals surface area (Å²) in [7, 11) is 0. The Morgan fingerprint density at radius 1 is 1.33 bits per heavy atom. The van der Waals surface area contributed by atoms with Crippen molar-refractivity contribution in [3.05, 3.63) is 52.0 Å². The predicted octanol–water partition coefficient (Wildman–Crippen LogP) is 2.49. The monoisotopic (exact) mass is 294 g/mol. The first-order valence-corrected chi connectivity index (χ1v) is 6.01. The van der Waals surface area contributed by atoms with Crippen LogP contribution in [0.2, 0.25) is 0 Å². The molecule has 0 aliphatic rings. The fraction of sp³-hybridized carbons (Fsp3) is 0.154. The first kappa shape index (κ1) is 13.3. The molecule has 1 aromatic carbocycles. The number of H-pyrrole nitrogens is 1. The minimum Gasteiger partial charge on any atom is -0.305 e. The number of alkyl halides is 2. The number of nitrogens with zero attached hydrogens (tertiary/aromatic N) is 3. The molecule has 3 rings (SSSR count). The van der Waals surface area contributed by atoms with Gasteiger partial charge in [0, 0.05) is 0 Å². The lowest BCUT2D eigenvalue weighted by Crippen LogP contribution is -2.13. The van der Waals surface area contributed by atoms with Gasteiger partial charge in [-0.05, 0) is 25.1 Å². The molecule has 108 valence electrons. The molecular formula is C13H9F3N4O. The van der Waals surface area contributed by atoms with E-state index in [0.717, 1.165) is 0 Å². The van der Waals surface area contributed by atoms with Crippen LogP contribution in [0.5, 0.6) is 0 Å². The zero-order chi connectivity index (χ0) is 15.1. The van der Waals surface area contributed by atoms with Crippen LogP contribution in [-0.2, 0) is 0 Å². The third-order valence-corrected chi connectivity index (χ3v) is 2.99. The van der Waals surface area contributed by atoms with Crippen LogP contribution in [0.3, 0.4) is 0 Å². The summed E-state index contributed by atoms with van der Waals surface area (Å²) in [6, 6.07) is 5.41. The van der Waals surface area contributed by atoms with Gasteiger partial charge in [-0.3, -0.25) is 4.79 Å². The Hall–Kier alpha value is -2.64. The minimum absolute atomic E-state index is 0.0304. The predicted molar refractivity (Wildman–Crippen MR) is 69.1 cm³/mol. The topological polar surface area (TPSA) is 63.6 Å². The second-order valence-corrected chi connectivity index (χ2v) is 4.43. The molecule has 8 heteroatoms. The molecule has 0 spiro atoms. The lowest BCUT2D eigenvalue weighted by Gasteiger charge is -2.04. The van der Waals surface area contributed by atoms with Gasteiger partial charge in [0.2, 0.25) is 0 Å². The zero-order valence-electron chi connectivity index (χ0n) is 10.8. The van der Waals surface area contributed by atoms with E-state index in [2.05, 4.69) is 10.1 Å². The van der Waals surface area contributed by atoms with Crippen LogP contribution in [-0.4, -0.2) is 19.7 Å². The van der Waals surface area contributed by atoms with Crippen molar-refractivity contribution in [1.82, 2.24) is 19.7 Å². The van der Waals surface area contributed by atoms with Crippen molar-refractivity contribution in [2.24, 2.45) is 0 Å². The third-order valence-electron chi connectivity index (χ3n) is 2.99. The molecule has 5 nitrogen and oxygen atoms in total. The normalized spacial score (nSPS) is 11.5. The third kappa shape index (κ3) is 2.18. The molecular weight excluding hydrogens is 285 g/mol. The number of aryl methyl sites for hydroxylation is 1. The maximum absolute atomic E-state index is 13.3. The van der Waals surface area contributed by atoms with E-state index in [-0.39, 0.29) is 11.0 Å².